The summed E-state index contributed by atoms with van der Waals surface area (Å²) >= 11 is 0. The van der Waals surface area contributed by atoms with Gasteiger partial charge >= 0.3 is 13.2 Å². The van der Waals surface area contributed by atoms with Crippen molar-refractivity contribution in [3.63, 3.8) is 0 Å². The summed E-state index contributed by atoms with van der Waals surface area (Å²) in [5.41, 5.74) is 1.27. The van der Waals surface area contributed by atoms with Crippen molar-refractivity contribution in [3.05, 3.63) is 29.8 Å². The normalized spacial score (nSPS) is 19.4. The van der Waals surface area contributed by atoms with E-state index in [1.54, 1.807) is 0 Å². The lowest BCUT2D eigenvalue weighted by Gasteiger charge is -2.32. The average molecular weight is 291 g/mol. The highest BCUT2D eigenvalue weighted by molar-refractivity contribution is 6.62. The second-order valence-corrected chi connectivity index (χ2v) is 6.17. The van der Waals surface area contributed by atoms with E-state index in [-0.39, 0.29) is 18.3 Å². The number of alkyl carbamates (subject to hydrolysis) is 1. The first-order chi connectivity index (χ1) is 9.75. The molecule has 1 fully saturated rings. The van der Waals surface area contributed by atoms with Crippen LogP contribution in [0.1, 0.15) is 33.3 Å². The SMILES string of the molecule is COC(=O)NCc1ccc(B2OC(C)(C)C(C)(C)O2)cc1. The summed E-state index contributed by atoms with van der Waals surface area (Å²) in [5.74, 6) is 0. The first kappa shape index (κ1) is 15.9. The first-order valence-electron chi connectivity index (χ1n) is 7.01. The highest BCUT2D eigenvalue weighted by atomic mass is 16.7. The molecule has 2 rings (SSSR count). The van der Waals surface area contributed by atoms with Crippen LogP contribution in [0.4, 0.5) is 4.79 Å². The van der Waals surface area contributed by atoms with Crippen LogP contribution in [0.25, 0.3) is 0 Å². The van der Waals surface area contributed by atoms with Gasteiger partial charge in [-0.05, 0) is 38.7 Å². The number of nitrogens with one attached hydrogen (secondary N) is 1. The van der Waals surface area contributed by atoms with E-state index in [1.165, 1.54) is 7.11 Å². The predicted molar refractivity (Wildman–Crippen MR) is 81.4 cm³/mol. The molecule has 1 aromatic carbocycles. The molecule has 5 nitrogen and oxygen atoms in total. The van der Waals surface area contributed by atoms with Gasteiger partial charge in [0.1, 0.15) is 0 Å². The summed E-state index contributed by atoms with van der Waals surface area (Å²) < 4.78 is 16.5. The second-order valence-electron chi connectivity index (χ2n) is 6.17. The van der Waals surface area contributed by atoms with Crippen molar-refractivity contribution in [2.24, 2.45) is 0 Å². The Hall–Kier alpha value is -1.53. The van der Waals surface area contributed by atoms with E-state index in [2.05, 4.69) is 10.1 Å². The molecule has 0 radical (unpaired) electrons. The highest BCUT2D eigenvalue weighted by Crippen LogP contribution is 2.36. The summed E-state index contributed by atoms with van der Waals surface area (Å²) in [5, 5.41) is 2.64. The second kappa shape index (κ2) is 5.69. The summed E-state index contributed by atoms with van der Waals surface area (Å²) in [6, 6.07) is 7.79. The van der Waals surface area contributed by atoms with E-state index in [1.807, 2.05) is 52.0 Å². The van der Waals surface area contributed by atoms with Crippen molar-refractivity contribution in [3.8, 4) is 0 Å². The zero-order valence-corrected chi connectivity index (χ0v) is 13.2. The Morgan fingerprint density at radius 2 is 1.67 bits per heavy atom. The zero-order valence-electron chi connectivity index (χ0n) is 13.2. The van der Waals surface area contributed by atoms with Crippen molar-refractivity contribution in [2.75, 3.05) is 7.11 Å². The van der Waals surface area contributed by atoms with Gasteiger partial charge < -0.3 is 19.4 Å². The van der Waals surface area contributed by atoms with E-state index in [0.717, 1.165) is 11.0 Å². The largest absolute Gasteiger partial charge is 0.494 e. The van der Waals surface area contributed by atoms with Gasteiger partial charge in [0, 0.05) is 6.54 Å². The molecule has 1 aliphatic heterocycles. The Morgan fingerprint density at radius 1 is 1.14 bits per heavy atom. The maximum absolute atomic E-state index is 11.0. The third-order valence-electron chi connectivity index (χ3n) is 4.13. The van der Waals surface area contributed by atoms with Crippen molar-refractivity contribution in [2.45, 2.75) is 45.4 Å². The molecule has 1 aromatic rings. The van der Waals surface area contributed by atoms with Crippen LogP contribution in [-0.2, 0) is 20.6 Å². The number of benzene rings is 1. The molecule has 1 N–H and O–H groups in total. The van der Waals surface area contributed by atoms with Crippen LogP contribution in [0.5, 0.6) is 0 Å². The lowest BCUT2D eigenvalue weighted by molar-refractivity contribution is 0.00578. The average Bonchev–Trinajstić information content (AvgIpc) is 2.65. The van der Waals surface area contributed by atoms with Crippen LogP contribution in [0.2, 0.25) is 0 Å². The van der Waals surface area contributed by atoms with Crippen LogP contribution in [0.3, 0.4) is 0 Å². The molecule has 0 aliphatic carbocycles. The highest BCUT2D eigenvalue weighted by Gasteiger charge is 2.51. The molecule has 6 heteroatoms. The molecule has 0 unspecified atom stereocenters. The van der Waals surface area contributed by atoms with E-state index >= 15 is 0 Å². The Labute approximate surface area is 126 Å². The Kier molecular flexibility index (Phi) is 4.30. The summed E-state index contributed by atoms with van der Waals surface area (Å²) in [6.45, 7) is 8.54. The standard InChI is InChI=1S/C15H22BNO4/c1-14(2)15(3,4)21-16(20-14)12-8-6-11(7-9-12)10-17-13(18)19-5/h6-9H,10H2,1-5H3,(H,17,18). The Balaban J connectivity index is 2.02. The molecule has 0 atom stereocenters. The monoisotopic (exact) mass is 291 g/mol. The maximum Gasteiger partial charge on any atom is 0.494 e. The van der Waals surface area contributed by atoms with Gasteiger partial charge in [-0.3, -0.25) is 0 Å². The molecule has 1 heterocycles. The third kappa shape index (κ3) is 3.39. The number of hydrogen-bond donors (Lipinski definition) is 1. The van der Waals surface area contributed by atoms with Gasteiger partial charge in [-0.1, -0.05) is 24.3 Å². The van der Waals surface area contributed by atoms with Crippen LogP contribution in [0.15, 0.2) is 24.3 Å². The predicted octanol–water partition coefficient (Wildman–Crippen LogP) is 1.84. The fourth-order valence-electron chi connectivity index (χ4n) is 2.02. The topological polar surface area (TPSA) is 56.8 Å². The van der Waals surface area contributed by atoms with Gasteiger partial charge in [-0.15, -0.1) is 0 Å². The minimum absolute atomic E-state index is 0.344. The van der Waals surface area contributed by atoms with E-state index < -0.39 is 6.09 Å². The van der Waals surface area contributed by atoms with Gasteiger partial charge in [0.05, 0.1) is 18.3 Å². The van der Waals surface area contributed by atoms with Gasteiger partial charge in [0.25, 0.3) is 0 Å². The number of carbonyl (C=O) groups excluding carboxylic acids is 1. The number of rotatable bonds is 3. The summed E-state index contributed by atoms with van der Waals surface area (Å²) in [4.78, 5) is 11.0. The summed E-state index contributed by atoms with van der Waals surface area (Å²) in [7, 11) is 0.981. The van der Waals surface area contributed by atoms with Crippen LogP contribution >= 0.6 is 0 Å². The van der Waals surface area contributed by atoms with Gasteiger partial charge in [-0.25, -0.2) is 4.79 Å². The lowest BCUT2D eigenvalue weighted by atomic mass is 9.79. The first-order valence-corrected chi connectivity index (χ1v) is 7.01. The van der Waals surface area contributed by atoms with E-state index in [4.69, 9.17) is 9.31 Å². The number of methoxy groups -OCH3 is 1. The fourth-order valence-corrected chi connectivity index (χ4v) is 2.02. The molecule has 1 saturated heterocycles. The van der Waals surface area contributed by atoms with Gasteiger partial charge in [0.2, 0.25) is 0 Å². The molecule has 1 aliphatic rings. The van der Waals surface area contributed by atoms with E-state index in [0.29, 0.717) is 6.54 Å². The molecular weight excluding hydrogens is 269 g/mol. The molecule has 0 aromatic heterocycles. The fraction of sp³-hybridized carbons (Fsp3) is 0.533. The number of hydrogen-bond acceptors (Lipinski definition) is 4. The van der Waals surface area contributed by atoms with Crippen molar-refractivity contribution in [1.29, 1.82) is 0 Å². The Bertz CT molecular complexity index is 497. The molecule has 114 valence electrons. The van der Waals surface area contributed by atoms with Gasteiger partial charge in [-0.2, -0.15) is 0 Å². The van der Waals surface area contributed by atoms with Crippen LogP contribution in [0, 0.1) is 0 Å². The molecule has 0 bridgehead atoms. The van der Waals surface area contributed by atoms with Crippen molar-refractivity contribution < 1.29 is 18.8 Å². The molecule has 0 saturated carbocycles. The molecule has 0 spiro atoms. The Morgan fingerprint density at radius 3 is 2.14 bits per heavy atom. The van der Waals surface area contributed by atoms with Crippen molar-refractivity contribution in [1.82, 2.24) is 5.32 Å². The quantitative estimate of drug-likeness (QED) is 0.863. The van der Waals surface area contributed by atoms with E-state index in [9.17, 15) is 4.79 Å². The minimum atomic E-state index is -0.440. The smallest absolute Gasteiger partial charge is 0.453 e. The number of ether oxygens (including phenoxy) is 1. The summed E-state index contributed by atoms with van der Waals surface area (Å²) in [6.07, 6.45) is -0.440. The minimum Gasteiger partial charge on any atom is -0.453 e. The van der Waals surface area contributed by atoms with Crippen LogP contribution < -0.4 is 10.8 Å². The number of carbonyl (C=O) groups is 1. The lowest BCUT2D eigenvalue weighted by Crippen LogP contribution is -2.41. The molecule has 1 amide bonds. The zero-order chi connectivity index (χ0) is 15.7. The number of amides is 1. The van der Waals surface area contributed by atoms with Crippen LogP contribution in [-0.4, -0.2) is 31.5 Å². The molecule has 21 heavy (non-hydrogen) atoms. The van der Waals surface area contributed by atoms with Gasteiger partial charge in [0.15, 0.2) is 0 Å². The van der Waals surface area contributed by atoms with Crippen molar-refractivity contribution >= 4 is 18.7 Å². The maximum atomic E-state index is 11.0. The molecular formula is C15H22BNO4. The third-order valence-corrected chi connectivity index (χ3v) is 4.13.